The Bertz CT molecular complexity index is 3180. The van der Waals surface area contributed by atoms with Crippen LogP contribution < -0.4 is 0 Å². The number of fused-ring (bicyclic) bond motifs is 9. The van der Waals surface area contributed by atoms with Gasteiger partial charge >= 0.3 is 0 Å². The van der Waals surface area contributed by atoms with Crippen molar-refractivity contribution >= 4 is 65.4 Å². The Morgan fingerprint density at radius 3 is 0.982 bits per heavy atom. The Balaban J connectivity index is 1.03. The quantitative estimate of drug-likeness (QED) is 0.177. The number of hydrogen-bond donors (Lipinski definition) is 0. The van der Waals surface area contributed by atoms with Crippen molar-refractivity contribution in [3.05, 3.63) is 201 Å². The number of pyridine rings is 2. The van der Waals surface area contributed by atoms with Crippen LogP contribution in [0.4, 0.5) is 0 Å². The van der Waals surface area contributed by atoms with Gasteiger partial charge in [0.1, 0.15) is 0 Å². The molecule has 57 heavy (non-hydrogen) atoms. The van der Waals surface area contributed by atoms with Gasteiger partial charge in [0.15, 0.2) is 0 Å². The highest BCUT2D eigenvalue weighted by molar-refractivity contribution is 6.11. The lowest BCUT2D eigenvalue weighted by Gasteiger charge is -2.15. The summed E-state index contributed by atoms with van der Waals surface area (Å²) in [6.45, 7) is 0. The topological polar surface area (TPSA) is 40.6 Å². The average molecular weight is 728 g/mol. The van der Waals surface area contributed by atoms with Gasteiger partial charge in [-0.05, 0) is 101 Å². The summed E-state index contributed by atoms with van der Waals surface area (Å²) in [5, 5.41) is 7.35. The van der Waals surface area contributed by atoms with Crippen LogP contribution in [0.5, 0.6) is 0 Å². The third-order valence-electron chi connectivity index (χ3n) is 11.6. The van der Waals surface area contributed by atoms with Gasteiger partial charge in [0, 0.05) is 61.8 Å². The minimum Gasteiger partial charge on any atom is -0.309 e. The van der Waals surface area contributed by atoms with E-state index in [2.05, 4.69) is 200 Å². The molecule has 0 aliphatic rings. The molecule has 266 valence electrons. The van der Waals surface area contributed by atoms with Crippen LogP contribution in [0.2, 0.25) is 0 Å². The van der Waals surface area contributed by atoms with Crippen LogP contribution in [0.3, 0.4) is 0 Å². The second-order valence-corrected chi connectivity index (χ2v) is 14.7. The Morgan fingerprint density at radius 1 is 0.263 bits per heavy atom. The van der Waals surface area contributed by atoms with Crippen LogP contribution in [0.15, 0.2) is 201 Å². The highest BCUT2D eigenvalue weighted by Crippen LogP contribution is 2.38. The van der Waals surface area contributed by atoms with Crippen molar-refractivity contribution in [1.82, 2.24) is 23.7 Å². The molecular weight excluding hydrogens is 695 g/mol. The molecule has 0 aliphatic carbocycles. The maximum absolute atomic E-state index is 4.49. The first-order valence-electron chi connectivity index (χ1n) is 19.3. The minimum atomic E-state index is 1.10. The molecule has 5 nitrogen and oxygen atoms in total. The van der Waals surface area contributed by atoms with Gasteiger partial charge in [0.05, 0.1) is 45.5 Å². The van der Waals surface area contributed by atoms with E-state index < -0.39 is 0 Å². The molecule has 12 rings (SSSR count). The third kappa shape index (κ3) is 4.82. The Hall–Kier alpha value is -7.76. The molecule has 5 heteroatoms. The lowest BCUT2D eigenvalue weighted by Crippen LogP contribution is -1.97. The monoisotopic (exact) mass is 727 g/mol. The molecule has 7 aromatic carbocycles. The maximum Gasteiger partial charge on any atom is 0.0724 e. The van der Waals surface area contributed by atoms with Gasteiger partial charge in [0.2, 0.25) is 0 Å². The molecule has 12 aromatic rings. The van der Waals surface area contributed by atoms with Gasteiger partial charge in [-0.25, -0.2) is 0 Å². The fraction of sp³-hybridized carbons (Fsp3) is 0. The van der Waals surface area contributed by atoms with Crippen molar-refractivity contribution in [3.8, 4) is 39.3 Å². The van der Waals surface area contributed by atoms with Crippen molar-refractivity contribution in [2.45, 2.75) is 0 Å². The van der Waals surface area contributed by atoms with Crippen LogP contribution in [-0.4, -0.2) is 23.7 Å². The van der Waals surface area contributed by atoms with Gasteiger partial charge in [-0.2, -0.15) is 0 Å². The van der Waals surface area contributed by atoms with E-state index in [0.29, 0.717) is 0 Å². The third-order valence-corrected chi connectivity index (χ3v) is 11.6. The van der Waals surface area contributed by atoms with Crippen molar-refractivity contribution in [2.75, 3.05) is 0 Å². The summed E-state index contributed by atoms with van der Waals surface area (Å²) >= 11 is 0. The number of benzene rings is 7. The molecule has 0 amide bonds. The van der Waals surface area contributed by atoms with E-state index in [4.69, 9.17) is 0 Å². The summed E-state index contributed by atoms with van der Waals surface area (Å²) in [7, 11) is 0. The first-order chi connectivity index (χ1) is 28.3. The van der Waals surface area contributed by atoms with E-state index >= 15 is 0 Å². The van der Waals surface area contributed by atoms with Gasteiger partial charge in [-0.3, -0.25) is 9.97 Å². The standard InChI is InChI=1S/C52H33N5/c1-7-15-49-41(9-1)42-10-2-8-16-50(42)57(49)40-30-36(34-17-21-38(22-18-34)55-47-13-5-3-11-43(47)45-25-27-53-32-51(45)55)29-37(31-40)35-19-23-39(24-20-35)56-48-14-6-4-12-44(48)46-26-28-54-33-52(46)56/h1-33H. The molecule has 0 spiro atoms. The van der Waals surface area contributed by atoms with E-state index in [1.807, 2.05) is 24.8 Å². The van der Waals surface area contributed by atoms with E-state index in [1.54, 1.807) is 0 Å². The maximum atomic E-state index is 4.49. The van der Waals surface area contributed by atoms with Gasteiger partial charge in [-0.15, -0.1) is 0 Å². The van der Waals surface area contributed by atoms with Crippen LogP contribution >= 0.6 is 0 Å². The molecule has 0 saturated carbocycles. The Morgan fingerprint density at radius 2 is 0.596 bits per heavy atom. The second kappa shape index (κ2) is 12.4. The summed E-state index contributed by atoms with van der Waals surface area (Å²) in [6.07, 6.45) is 7.68. The van der Waals surface area contributed by atoms with Gasteiger partial charge < -0.3 is 13.7 Å². The van der Waals surface area contributed by atoms with Crippen LogP contribution in [-0.2, 0) is 0 Å². The van der Waals surface area contributed by atoms with E-state index in [-0.39, 0.29) is 0 Å². The minimum absolute atomic E-state index is 1.10. The summed E-state index contributed by atoms with van der Waals surface area (Å²) < 4.78 is 7.04. The van der Waals surface area contributed by atoms with E-state index in [9.17, 15) is 0 Å². The van der Waals surface area contributed by atoms with Crippen molar-refractivity contribution < 1.29 is 0 Å². The van der Waals surface area contributed by atoms with E-state index in [0.717, 1.165) is 50.3 Å². The summed E-state index contributed by atoms with van der Waals surface area (Å²) in [5.74, 6) is 0. The fourth-order valence-electron chi connectivity index (χ4n) is 9.07. The number of aromatic nitrogens is 5. The first kappa shape index (κ1) is 31.6. The molecule has 0 unspecified atom stereocenters. The van der Waals surface area contributed by atoms with Crippen molar-refractivity contribution in [2.24, 2.45) is 0 Å². The zero-order valence-electron chi connectivity index (χ0n) is 30.8. The highest BCUT2D eigenvalue weighted by Gasteiger charge is 2.17. The predicted molar refractivity (Wildman–Crippen MR) is 236 cm³/mol. The molecule has 0 atom stereocenters. The summed E-state index contributed by atoms with van der Waals surface area (Å²) in [6, 6.07) is 63.8. The van der Waals surface area contributed by atoms with E-state index in [1.165, 1.54) is 54.4 Å². The van der Waals surface area contributed by atoms with Crippen molar-refractivity contribution in [3.63, 3.8) is 0 Å². The van der Waals surface area contributed by atoms with Crippen LogP contribution in [0.25, 0.3) is 105 Å². The molecule has 0 aliphatic heterocycles. The number of hydrogen-bond acceptors (Lipinski definition) is 2. The zero-order chi connectivity index (χ0) is 37.5. The molecule has 0 bridgehead atoms. The number of para-hydroxylation sites is 4. The van der Waals surface area contributed by atoms with Crippen LogP contribution in [0, 0.1) is 0 Å². The average Bonchev–Trinajstić information content (AvgIpc) is 3.92. The Labute approximate surface area is 328 Å². The van der Waals surface area contributed by atoms with Gasteiger partial charge in [0.25, 0.3) is 0 Å². The molecular formula is C52H33N5. The molecule has 0 N–H and O–H groups in total. The smallest absolute Gasteiger partial charge is 0.0724 e. The molecule has 0 fully saturated rings. The molecule has 0 radical (unpaired) electrons. The van der Waals surface area contributed by atoms with Crippen LogP contribution in [0.1, 0.15) is 0 Å². The zero-order valence-corrected chi connectivity index (χ0v) is 30.8. The number of nitrogens with zero attached hydrogens (tertiary/aromatic N) is 5. The largest absolute Gasteiger partial charge is 0.309 e. The summed E-state index contributed by atoms with van der Waals surface area (Å²) in [5.41, 5.74) is 14.8. The number of rotatable bonds is 5. The lowest BCUT2D eigenvalue weighted by molar-refractivity contribution is 1.16. The SMILES string of the molecule is c1ccc2c(c1)c1ccccc1n2-c1cc(-c2ccc(-n3c4ccccc4c4ccncc43)cc2)cc(-c2ccc(-n3c4ccccc4c4ccncc43)cc2)c1. The van der Waals surface area contributed by atoms with Gasteiger partial charge in [-0.1, -0.05) is 97.1 Å². The first-order valence-corrected chi connectivity index (χ1v) is 19.3. The van der Waals surface area contributed by atoms with Crippen molar-refractivity contribution in [1.29, 1.82) is 0 Å². The second-order valence-electron chi connectivity index (χ2n) is 14.7. The molecule has 0 saturated heterocycles. The Kier molecular flexibility index (Phi) is 6.86. The highest BCUT2D eigenvalue weighted by atomic mass is 15.0. The normalized spacial score (nSPS) is 11.9. The lowest BCUT2D eigenvalue weighted by atomic mass is 9.97. The molecule has 5 aromatic heterocycles. The predicted octanol–water partition coefficient (Wildman–Crippen LogP) is 13.1. The summed E-state index contributed by atoms with van der Waals surface area (Å²) in [4.78, 5) is 8.99. The fourth-order valence-corrected chi connectivity index (χ4v) is 9.07. The molecule has 5 heterocycles.